The van der Waals surface area contributed by atoms with Crippen LogP contribution in [0.2, 0.25) is 0 Å². The van der Waals surface area contributed by atoms with E-state index < -0.39 is 0 Å². The fraction of sp³-hybridized carbons (Fsp3) is 0.875. The molecule has 0 spiro atoms. The van der Waals surface area contributed by atoms with Crippen LogP contribution in [0.1, 0.15) is 50.7 Å². The van der Waals surface area contributed by atoms with Gasteiger partial charge in [0.15, 0.2) is 0 Å². The van der Waals surface area contributed by atoms with Crippen molar-refractivity contribution in [3.63, 3.8) is 0 Å². The van der Waals surface area contributed by atoms with Crippen molar-refractivity contribution in [2.24, 2.45) is 7.05 Å². The minimum Gasteiger partial charge on any atom is -0.392 e. The maximum absolute atomic E-state index is 9.64. The summed E-state index contributed by atoms with van der Waals surface area (Å²) in [6.07, 6.45) is 3.40. The summed E-state index contributed by atoms with van der Waals surface area (Å²) >= 11 is 0. The van der Waals surface area contributed by atoms with Gasteiger partial charge in [-0.15, -0.1) is 10.2 Å². The summed E-state index contributed by atoms with van der Waals surface area (Å²) in [6, 6.07) is 0.527. The molecule has 1 aromatic heterocycles. The van der Waals surface area contributed by atoms with Gasteiger partial charge in [-0.3, -0.25) is 9.80 Å². The largest absolute Gasteiger partial charge is 0.392 e. The lowest BCUT2D eigenvalue weighted by atomic mass is 10.1. The maximum atomic E-state index is 9.64. The number of rotatable bonds is 6. The Kier molecular flexibility index (Phi) is 4.80. The molecule has 3 rings (SSSR count). The number of aliphatic hydroxyl groups excluding tert-OH is 1. The number of hydrogen-bond acceptors (Lipinski definition) is 5. The SMILES string of the molecule is CC[C@@H]1CN(Cc2nnc(C3CC3)n2C)CCN1C[C@@H](C)O. The average Bonchev–Trinajstić information content (AvgIpc) is 3.26. The van der Waals surface area contributed by atoms with Gasteiger partial charge in [-0.2, -0.15) is 0 Å². The molecular formula is C16H29N5O. The molecule has 6 heteroatoms. The van der Waals surface area contributed by atoms with Crippen LogP contribution < -0.4 is 0 Å². The van der Waals surface area contributed by atoms with Gasteiger partial charge in [0.05, 0.1) is 12.6 Å². The van der Waals surface area contributed by atoms with Crippen molar-refractivity contribution in [2.75, 3.05) is 26.2 Å². The van der Waals surface area contributed by atoms with E-state index >= 15 is 0 Å². The van der Waals surface area contributed by atoms with Crippen LogP contribution in [0, 0.1) is 0 Å². The first-order chi connectivity index (χ1) is 10.6. The lowest BCUT2D eigenvalue weighted by Gasteiger charge is -2.41. The first-order valence-electron chi connectivity index (χ1n) is 8.61. The van der Waals surface area contributed by atoms with Crippen molar-refractivity contribution >= 4 is 0 Å². The zero-order chi connectivity index (χ0) is 15.7. The molecule has 124 valence electrons. The van der Waals surface area contributed by atoms with Crippen molar-refractivity contribution in [3.05, 3.63) is 11.6 Å². The Bertz CT molecular complexity index is 497. The average molecular weight is 307 g/mol. The summed E-state index contributed by atoms with van der Waals surface area (Å²) in [5.74, 6) is 2.90. The molecule has 0 aromatic carbocycles. The summed E-state index contributed by atoms with van der Waals surface area (Å²) in [7, 11) is 2.10. The monoisotopic (exact) mass is 307 g/mol. The quantitative estimate of drug-likeness (QED) is 0.849. The molecule has 2 aliphatic rings. The molecule has 2 heterocycles. The Morgan fingerprint density at radius 3 is 2.68 bits per heavy atom. The lowest BCUT2D eigenvalue weighted by Crippen LogP contribution is -2.54. The van der Waals surface area contributed by atoms with E-state index in [2.05, 4.69) is 38.5 Å². The van der Waals surface area contributed by atoms with Crippen LogP contribution in [-0.4, -0.2) is 68.0 Å². The fourth-order valence-corrected chi connectivity index (χ4v) is 3.48. The molecule has 1 aromatic rings. The Balaban J connectivity index is 1.59. The number of β-amino-alcohol motifs (C(OH)–C–C–N with tert-alkyl or cyclic N) is 1. The molecule has 2 atom stereocenters. The fourth-order valence-electron chi connectivity index (χ4n) is 3.48. The van der Waals surface area contributed by atoms with Crippen molar-refractivity contribution < 1.29 is 5.11 Å². The van der Waals surface area contributed by atoms with Gasteiger partial charge in [0.2, 0.25) is 0 Å². The third-order valence-corrected chi connectivity index (χ3v) is 4.97. The molecule has 1 N–H and O–H groups in total. The second-order valence-corrected chi connectivity index (χ2v) is 6.95. The summed E-state index contributed by atoms with van der Waals surface area (Å²) in [4.78, 5) is 4.90. The third-order valence-electron chi connectivity index (χ3n) is 4.97. The van der Waals surface area contributed by atoms with Gasteiger partial charge in [0.25, 0.3) is 0 Å². The van der Waals surface area contributed by atoms with Crippen molar-refractivity contribution in [3.8, 4) is 0 Å². The lowest BCUT2D eigenvalue weighted by molar-refractivity contribution is 0.0325. The van der Waals surface area contributed by atoms with E-state index in [-0.39, 0.29) is 6.10 Å². The molecule has 0 amide bonds. The highest BCUT2D eigenvalue weighted by atomic mass is 16.3. The van der Waals surface area contributed by atoms with Crippen LogP contribution in [0.15, 0.2) is 0 Å². The summed E-state index contributed by atoms with van der Waals surface area (Å²) in [5, 5.41) is 18.4. The minimum absolute atomic E-state index is 0.250. The van der Waals surface area contributed by atoms with E-state index in [0.717, 1.165) is 50.8 Å². The van der Waals surface area contributed by atoms with Crippen molar-refractivity contribution in [2.45, 2.75) is 57.7 Å². The predicted molar refractivity (Wildman–Crippen MR) is 85.6 cm³/mol. The van der Waals surface area contributed by atoms with E-state index in [1.54, 1.807) is 0 Å². The molecule has 22 heavy (non-hydrogen) atoms. The van der Waals surface area contributed by atoms with Gasteiger partial charge in [-0.05, 0) is 26.2 Å². The number of aromatic nitrogens is 3. The standard InChI is InChI=1S/C16H29N5O/c1-4-14-10-20(7-8-21(14)9-12(2)22)11-15-17-18-16(19(15)3)13-5-6-13/h12-14,22H,4-11H2,1-3H3/t12-,14-/m1/s1. The van der Waals surface area contributed by atoms with Gasteiger partial charge >= 0.3 is 0 Å². The highest BCUT2D eigenvalue weighted by molar-refractivity contribution is 5.07. The molecule has 6 nitrogen and oxygen atoms in total. The summed E-state index contributed by atoms with van der Waals surface area (Å²) in [5.41, 5.74) is 0. The highest BCUT2D eigenvalue weighted by Crippen LogP contribution is 2.38. The van der Waals surface area contributed by atoms with Gasteiger partial charge in [0, 0.05) is 45.2 Å². The van der Waals surface area contributed by atoms with Crippen LogP contribution in [0.3, 0.4) is 0 Å². The Morgan fingerprint density at radius 2 is 2.05 bits per heavy atom. The molecule has 1 saturated carbocycles. The third kappa shape index (κ3) is 3.50. The highest BCUT2D eigenvalue weighted by Gasteiger charge is 2.31. The van der Waals surface area contributed by atoms with Gasteiger partial charge in [-0.25, -0.2) is 0 Å². The normalized spacial score (nSPS) is 25.5. The van der Waals surface area contributed by atoms with Crippen LogP contribution in [0.4, 0.5) is 0 Å². The van der Waals surface area contributed by atoms with Gasteiger partial charge in [0.1, 0.15) is 11.6 Å². The molecule has 1 aliphatic heterocycles. The molecule has 2 fully saturated rings. The first-order valence-corrected chi connectivity index (χ1v) is 8.61. The summed E-state index contributed by atoms with van der Waals surface area (Å²) in [6.45, 7) is 8.88. The van der Waals surface area contributed by atoms with Crippen LogP contribution in [0.25, 0.3) is 0 Å². The predicted octanol–water partition coefficient (Wildman–Crippen LogP) is 0.969. The maximum Gasteiger partial charge on any atom is 0.146 e. The minimum atomic E-state index is -0.250. The Labute approximate surface area is 133 Å². The molecule has 1 saturated heterocycles. The number of nitrogens with zero attached hydrogens (tertiary/aromatic N) is 5. The Morgan fingerprint density at radius 1 is 1.27 bits per heavy atom. The van der Waals surface area contributed by atoms with E-state index in [1.807, 2.05) is 6.92 Å². The summed E-state index contributed by atoms with van der Waals surface area (Å²) < 4.78 is 2.20. The zero-order valence-electron chi connectivity index (χ0n) is 14.1. The Hall–Kier alpha value is -0.980. The second-order valence-electron chi connectivity index (χ2n) is 6.95. The zero-order valence-corrected chi connectivity index (χ0v) is 14.1. The topological polar surface area (TPSA) is 57.4 Å². The van der Waals surface area contributed by atoms with Crippen molar-refractivity contribution in [1.82, 2.24) is 24.6 Å². The van der Waals surface area contributed by atoms with Crippen LogP contribution in [0.5, 0.6) is 0 Å². The number of hydrogen-bond donors (Lipinski definition) is 1. The van der Waals surface area contributed by atoms with E-state index in [9.17, 15) is 5.11 Å². The molecule has 1 aliphatic carbocycles. The van der Waals surface area contributed by atoms with E-state index in [1.165, 1.54) is 12.8 Å². The second kappa shape index (κ2) is 6.64. The van der Waals surface area contributed by atoms with E-state index in [0.29, 0.717) is 12.0 Å². The first kappa shape index (κ1) is 15.9. The van der Waals surface area contributed by atoms with Crippen molar-refractivity contribution in [1.29, 1.82) is 0 Å². The number of aliphatic hydroxyl groups is 1. The van der Waals surface area contributed by atoms with Crippen LogP contribution >= 0.6 is 0 Å². The molecular weight excluding hydrogens is 278 g/mol. The van der Waals surface area contributed by atoms with E-state index in [4.69, 9.17) is 0 Å². The molecule has 0 radical (unpaired) electrons. The number of piperazine rings is 1. The molecule has 0 unspecified atom stereocenters. The van der Waals surface area contributed by atoms with Gasteiger partial charge in [-0.1, -0.05) is 6.92 Å². The van der Waals surface area contributed by atoms with Crippen LogP contribution in [-0.2, 0) is 13.6 Å². The van der Waals surface area contributed by atoms with Gasteiger partial charge < -0.3 is 9.67 Å². The molecule has 0 bridgehead atoms. The smallest absolute Gasteiger partial charge is 0.146 e.